The Morgan fingerprint density at radius 3 is 2.88 bits per heavy atom. The minimum absolute atomic E-state index is 0.575. The fourth-order valence-electron chi connectivity index (χ4n) is 2.05. The summed E-state index contributed by atoms with van der Waals surface area (Å²) in [7, 11) is 0. The standard InChI is InChI=1S/C14H19NO2/c1-2-8-15-13(14(16)17)12-5-3-4-11(9-12)10-6-7-10/h3-5,9-10,13,15H,2,6-8H2,1H3,(H,16,17). The molecule has 1 aromatic rings. The Hall–Kier alpha value is -1.35. The predicted molar refractivity (Wildman–Crippen MR) is 67.1 cm³/mol. The van der Waals surface area contributed by atoms with Crippen molar-refractivity contribution in [2.24, 2.45) is 0 Å². The molecule has 2 rings (SSSR count). The molecule has 3 heteroatoms. The van der Waals surface area contributed by atoms with E-state index in [1.54, 1.807) is 0 Å². The van der Waals surface area contributed by atoms with Crippen LogP contribution in [0.5, 0.6) is 0 Å². The second-order valence-electron chi connectivity index (χ2n) is 4.67. The maximum atomic E-state index is 11.2. The largest absolute Gasteiger partial charge is 0.480 e. The molecule has 1 aromatic carbocycles. The van der Waals surface area contributed by atoms with Crippen molar-refractivity contribution in [1.82, 2.24) is 5.32 Å². The number of carbonyl (C=O) groups is 1. The zero-order valence-corrected chi connectivity index (χ0v) is 10.1. The third-order valence-corrected chi connectivity index (χ3v) is 3.14. The molecule has 0 amide bonds. The zero-order chi connectivity index (χ0) is 12.3. The molecular weight excluding hydrogens is 214 g/mol. The van der Waals surface area contributed by atoms with Crippen LogP contribution < -0.4 is 5.32 Å². The van der Waals surface area contributed by atoms with Gasteiger partial charge in [0.05, 0.1) is 0 Å². The molecule has 0 aliphatic heterocycles. The first kappa shape index (κ1) is 12.1. The molecule has 1 aliphatic rings. The van der Waals surface area contributed by atoms with E-state index < -0.39 is 12.0 Å². The number of carboxylic acid groups (broad SMARTS) is 1. The average Bonchev–Trinajstić information content (AvgIpc) is 3.13. The summed E-state index contributed by atoms with van der Waals surface area (Å²) in [5.74, 6) is -0.137. The van der Waals surface area contributed by atoms with Gasteiger partial charge < -0.3 is 10.4 Å². The first-order chi connectivity index (χ1) is 8.22. The minimum Gasteiger partial charge on any atom is -0.480 e. The molecule has 1 atom stereocenters. The quantitative estimate of drug-likeness (QED) is 0.794. The van der Waals surface area contributed by atoms with Gasteiger partial charge in [-0.15, -0.1) is 0 Å². The van der Waals surface area contributed by atoms with Gasteiger partial charge >= 0.3 is 5.97 Å². The number of hydrogen-bond donors (Lipinski definition) is 2. The van der Waals surface area contributed by atoms with Crippen LogP contribution in [0.15, 0.2) is 24.3 Å². The van der Waals surface area contributed by atoms with E-state index in [0.29, 0.717) is 5.92 Å². The molecular formula is C14H19NO2. The monoisotopic (exact) mass is 233 g/mol. The summed E-state index contributed by atoms with van der Waals surface area (Å²) < 4.78 is 0. The van der Waals surface area contributed by atoms with Crippen molar-refractivity contribution in [3.8, 4) is 0 Å². The Morgan fingerprint density at radius 2 is 2.29 bits per heavy atom. The third-order valence-electron chi connectivity index (χ3n) is 3.14. The summed E-state index contributed by atoms with van der Waals surface area (Å²) >= 11 is 0. The molecule has 17 heavy (non-hydrogen) atoms. The average molecular weight is 233 g/mol. The molecule has 1 fully saturated rings. The molecule has 1 unspecified atom stereocenters. The summed E-state index contributed by atoms with van der Waals surface area (Å²) in [4.78, 5) is 11.2. The van der Waals surface area contributed by atoms with Crippen molar-refractivity contribution < 1.29 is 9.90 Å². The molecule has 1 saturated carbocycles. The number of hydrogen-bond acceptors (Lipinski definition) is 2. The van der Waals surface area contributed by atoms with Gasteiger partial charge in [-0.3, -0.25) is 4.79 Å². The van der Waals surface area contributed by atoms with E-state index >= 15 is 0 Å². The molecule has 0 saturated heterocycles. The van der Waals surface area contributed by atoms with Gasteiger partial charge in [0, 0.05) is 0 Å². The lowest BCUT2D eigenvalue weighted by atomic mass is 10.0. The first-order valence-electron chi connectivity index (χ1n) is 6.28. The fourth-order valence-corrected chi connectivity index (χ4v) is 2.05. The number of aliphatic carboxylic acids is 1. The van der Waals surface area contributed by atoms with Crippen LogP contribution in [-0.2, 0) is 4.79 Å². The molecule has 0 bridgehead atoms. The Labute approximate surface area is 102 Å². The second kappa shape index (κ2) is 5.32. The lowest BCUT2D eigenvalue weighted by Crippen LogP contribution is -2.29. The molecule has 92 valence electrons. The van der Waals surface area contributed by atoms with Crippen molar-refractivity contribution in [2.45, 2.75) is 38.1 Å². The highest BCUT2D eigenvalue weighted by molar-refractivity contribution is 5.75. The van der Waals surface area contributed by atoms with Crippen LogP contribution in [0, 0.1) is 0 Å². The Bertz CT molecular complexity index is 399. The zero-order valence-electron chi connectivity index (χ0n) is 10.1. The van der Waals surface area contributed by atoms with Crippen molar-refractivity contribution in [1.29, 1.82) is 0 Å². The summed E-state index contributed by atoms with van der Waals surface area (Å²) in [6, 6.07) is 7.42. The van der Waals surface area contributed by atoms with Gasteiger partial charge in [0.15, 0.2) is 0 Å². The van der Waals surface area contributed by atoms with Crippen LogP contribution in [0.3, 0.4) is 0 Å². The van der Waals surface area contributed by atoms with Gasteiger partial charge in [-0.2, -0.15) is 0 Å². The van der Waals surface area contributed by atoms with Crippen molar-refractivity contribution in [2.75, 3.05) is 6.54 Å². The van der Waals surface area contributed by atoms with Gasteiger partial charge in [0.1, 0.15) is 6.04 Å². The predicted octanol–water partition coefficient (Wildman–Crippen LogP) is 2.69. The SMILES string of the molecule is CCCNC(C(=O)O)c1cccc(C2CC2)c1. The van der Waals surface area contributed by atoms with Crippen LogP contribution in [0.2, 0.25) is 0 Å². The van der Waals surface area contributed by atoms with Gasteiger partial charge in [0.25, 0.3) is 0 Å². The summed E-state index contributed by atoms with van der Waals surface area (Å²) in [6.07, 6.45) is 3.42. The summed E-state index contributed by atoms with van der Waals surface area (Å²) in [6.45, 7) is 2.76. The number of carboxylic acids is 1. The van der Waals surface area contributed by atoms with Crippen molar-refractivity contribution in [3.63, 3.8) is 0 Å². The van der Waals surface area contributed by atoms with Crippen LogP contribution in [0.1, 0.15) is 49.3 Å². The molecule has 0 aromatic heterocycles. The Morgan fingerprint density at radius 1 is 1.53 bits per heavy atom. The highest BCUT2D eigenvalue weighted by atomic mass is 16.4. The second-order valence-corrected chi connectivity index (χ2v) is 4.67. The van der Waals surface area contributed by atoms with E-state index in [9.17, 15) is 9.90 Å². The topological polar surface area (TPSA) is 49.3 Å². The van der Waals surface area contributed by atoms with Crippen molar-refractivity contribution in [3.05, 3.63) is 35.4 Å². The van der Waals surface area contributed by atoms with Gasteiger partial charge in [0.2, 0.25) is 0 Å². The van der Waals surface area contributed by atoms with E-state index in [1.165, 1.54) is 18.4 Å². The van der Waals surface area contributed by atoms with E-state index in [1.807, 2.05) is 25.1 Å². The van der Waals surface area contributed by atoms with Gasteiger partial charge in [-0.25, -0.2) is 0 Å². The van der Waals surface area contributed by atoms with Crippen LogP contribution in [0.25, 0.3) is 0 Å². The fraction of sp³-hybridized carbons (Fsp3) is 0.500. The van der Waals surface area contributed by atoms with Gasteiger partial charge in [-0.1, -0.05) is 31.2 Å². The van der Waals surface area contributed by atoms with Crippen LogP contribution >= 0.6 is 0 Å². The minimum atomic E-state index is -0.800. The van der Waals surface area contributed by atoms with E-state index in [2.05, 4.69) is 11.4 Å². The van der Waals surface area contributed by atoms with E-state index in [4.69, 9.17) is 0 Å². The third kappa shape index (κ3) is 3.07. The molecule has 3 nitrogen and oxygen atoms in total. The summed E-state index contributed by atoms with van der Waals surface area (Å²) in [5.41, 5.74) is 2.15. The smallest absolute Gasteiger partial charge is 0.325 e. The van der Waals surface area contributed by atoms with Crippen molar-refractivity contribution >= 4 is 5.97 Å². The molecule has 0 radical (unpaired) electrons. The molecule has 1 aliphatic carbocycles. The Balaban J connectivity index is 2.16. The van der Waals surface area contributed by atoms with E-state index in [-0.39, 0.29) is 0 Å². The normalized spacial score (nSPS) is 16.8. The highest BCUT2D eigenvalue weighted by Crippen LogP contribution is 2.40. The van der Waals surface area contributed by atoms with Crippen LogP contribution in [0.4, 0.5) is 0 Å². The highest BCUT2D eigenvalue weighted by Gasteiger charge is 2.25. The molecule has 0 spiro atoms. The lowest BCUT2D eigenvalue weighted by Gasteiger charge is -2.15. The maximum Gasteiger partial charge on any atom is 0.325 e. The maximum absolute atomic E-state index is 11.2. The Kier molecular flexibility index (Phi) is 3.79. The lowest BCUT2D eigenvalue weighted by molar-refractivity contribution is -0.139. The summed E-state index contributed by atoms with van der Waals surface area (Å²) in [5, 5.41) is 12.3. The molecule has 2 N–H and O–H groups in total. The number of benzene rings is 1. The number of nitrogens with one attached hydrogen (secondary N) is 1. The van der Waals surface area contributed by atoms with Crippen LogP contribution in [-0.4, -0.2) is 17.6 Å². The molecule has 0 heterocycles. The number of rotatable bonds is 6. The van der Waals surface area contributed by atoms with Gasteiger partial charge in [-0.05, 0) is 42.9 Å². The first-order valence-corrected chi connectivity index (χ1v) is 6.28. The van der Waals surface area contributed by atoms with E-state index in [0.717, 1.165) is 18.5 Å².